The standard InChI is InChI=1S/C15H15Cl2N3O/c1-8(2)14-18-7-10(9(3)19-14)15(21)20-12-6-4-5-11(16)13(12)17/h4-8H,1-3H3,(H,20,21). The van der Waals surface area contributed by atoms with Gasteiger partial charge in [0.15, 0.2) is 0 Å². The van der Waals surface area contributed by atoms with E-state index in [0.717, 1.165) is 0 Å². The van der Waals surface area contributed by atoms with Gasteiger partial charge < -0.3 is 5.32 Å². The number of anilines is 1. The van der Waals surface area contributed by atoms with Crippen LogP contribution in [0.3, 0.4) is 0 Å². The molecule has 0 aliphatic carbocycles. The summed E-state index contributed by atoms with van der Waals surface area (Å²) in [4.78, 5) is 20.8. The van der Waals surface area contributed by atoms with E-state index in [1.54, 1.807) is 25.1 Å². The Labute approximate surface area is 133 Å². The van der Waals surface area contributed by atoms with Crippen molar-refractivity contribution >= 4 is 34.8 Å². The van der Waals surface area contributed by atoms with Gasteiger partial charge in [-0.2, -0.15) is 0 Å². The number of benzene rings is 1. The fraction of sp³-hybridized carbons (Fsp3) is 0.267. The number of amides is 1. The van der Waals surface area contributed by atoms with E-state index in [1.165, 1.54) is 6.20 Å². The topological polar surface area (TPSA) is 54.9 Å². The van der Waals surface area contributed by atoms with Crippen molar-refractivity contribution in [3.8, 4) is 0 Å². The zero-order chi connectivity index (χ0) is 15.6. The Balaban J connectivity index is 2.27. The lowest BCUT2D eigenvalue weighted by Gasteiger charge is -2.11. The Morgan fingerprint density at radius 1 is 1.29 bits per heavy atom. The van der Waals surface area contributed by atoms with E-state index < -0.39 is 0 Å². The van der Waals surface area contributed by atoms with Gasteiger partial charge in [0.2, 0.25) is 0 Å². The molecule has 0 fully saturated rings. The summed E-state index contributed by atoms with van der Waals surface area (Å²) in [5, 5.41) is 3.42. The molecule has 0 saturated heterocycles. The van der Waals surface area contributed by atoms with E-state index in [1.807, 2.05) is 13.8 Å². The first kappa shape index (κ1) is 15.7. The number of nitrogens with one attached hydrogen (secondary N) is 1. The van der Waals surface area contributed by atoms with Crippen LogP contribution in [0.5, 0.6) is 0 Å². The van der Waals surface area contributed by atoms with Gasteiger partial charge in [-0.3, -0.25) is 4.79 Å². The van der Waals surface area contributed by atoms with Crippen LogP contribution < -0.4 is 5.32 Å². The maximum Gasteiger partial charge on any atom is 0.259 e. The highest BCUT2D eigenvalue weighted by Gasteiger charge is 2.15. The van der Waals surface area contributed by atoms with Crippen LogP contribution >= 0.6 is 23.2 Å². The van der Waals surface area contributed by atoms with E-state index in [4.69, 9.17) is 23.2 Å². The predicted octanol–water partition coefficient (Wildman–Crippen LogP) is 4.47. The Hall–Kier alpha value is -1.65. The number of hydrogen-bond acceptors (Lipinski definition) is 3. The van der Waals surface area contributed by atoms with Crippen LogP contribution in [0.4, 0.5) is 5.69 Å². The third-order valence-corrected chi connectivity index (χ3v) is 3.78. The van der Waals surface area contributed by atoms with Crippen LogP contribution in [0.25, 0.3) is 0 Å². The molecular weight excluding hydrogens is 309 g/mol. The number of rotatable bonds is 3. The van der Waals surface area contributed by atoms with Crippen LogP contribution in [0.2, 0.25) is 10.0 Å². The van der Waals surface area contributed by atoms with E-state index in [0.29, 0.717) is 32.8 Å². The molecule has 0 atom stereocenters. The van der Waals surface area contributed by atoms with Gasteiger partial charge in [-0.1, -0.05) is 43.1 Å². The van der Waals surface area contributed by atoms with E-state index in [2.05, 4.69) is 15.3 Å². The molecule has 6 heteroatoms. The summed E-state index contributed by atoms with van der Waals surface area (Å²) in [5.41, 5.74) is 1.50. The quantitative estimate of drug-likeness (QED) is 0.906. The molecule has 0 radical (unpaired) electrons. The second-order valence-corrected chi connectivity index (χ2v) is 5.72. The van der Waals surface area contributed by atoms with Gasteiger partial charge in [0.05, 0.1) is 27.0 Å². The lowest BCUT2D eigenvalue weighted by Crippen LogP contribution is -2.16. The number of carbonyl (C=O) groups is 1. The Kier molecular flexibility index (Phi) is 4.80. The fourth-order valence-electron chi connectivity index (χ4n) is 1.78. The number of halogens is 2. The molecule has 0 saturated carbocycles. The van der Waals surface area contributed by atoms with Crippen molar-refractivity contribution in [2.45, 2.75) is 26.7 Å². The summed E-state index contributed by atoms with van der Waals surface area (Å²) in [7, 11) is 0. The monoisotopic (exact) mass is 323 g/mol. The molecule has 1 aromatic carbocycles. The molecule has 2 aromatic rings. The normalized spacial score (nSPS) is 10.8. The van der Waals surface area contributed by atoms with Crippen molar-refractivity contribution in [1.29, 1.82) is 0 Å². The van der Waals surface area contributed by atoms with Crippen molar-refractivity contribution < 1.29 is 4.79 Å². The minimum Gasteiger partial charge on any atom is -0.320 e. The van der Waals surface area contributed by atoms with Crippen LogP contribution in [0.15, 0.2) is 24.4 Å². The van der Waals surface area contributed by atoms with Crippen molar-refractivity contribution in [2.24, 2.45) is 0 Å². The third kappa shape index (κ3) is 3.52. The molecule has 110 valence electrons. The van der Waals surface area contributed by atoms with Gasteiger partial charge in [0, 0.05) is 12.1 Å². The van der Waals surface area contributed by atoms with Gasteiger partial charge in [-0.25, -0.2) is 9.97 Å². The first-order valence-electron chi connectivity index (χ1n) is 6.49. The second kappa shape index (κ2) is 6.41. The lowest BCUT2D eigenvalue weighted by molar-refractivity contribution is 0.102. The Morgan fingerprint density at radius 2 is 2.00 bits per heavy atom. The zero-order valence-electron chi connectivity index (χ0n) is 11.9. The predicted molar refractivity (Wildman–Crippen MR) is 85.3 cm³/mol. The van der Waals surface area contributed by atoms with Gasteiger partial charge in [0.1, 0.15) is 5.82 Å². The first-order chi connectivity index (χ1) is 9.90. The van der Waals surface area contributed by atoms with Gasteiger partial charge in [-0.05, 0) is 19.1 Å². The summed E-state index contributed by atoms with van der Waals surface area (Å²) in [6, 6.07) is 5.06. The molecule has 0 spiro atoms. The number of carbonyl (C=O) groups excluding carboxylic acids is 1. The van der Waals surface area contributed by atoms with Crippen LogP contribution in [-0.4, -0.2) is 15.9 Å². The van der Waals surface area contributed by atoms with Gasteiger partial charge in [-0.15, -0.1) is 0 Å². The molecule has 1 heterocycles. The fourth-order valence-corrected chi connectivity index (χ4v) is 2.12. The summed E-state index contributed by atoms with van der Waals surface area (Å²) < 4.78 is 0. The Morgan fingerprint density at radius 3 is 2.62 bits per heavy atom. The molecule has 1 amide bonds. The third-order valence-electron chi connectivity index (χ3n) is 2.96. The number of aromatic nitrogens is 2. The highest BCUT2D eigenvalue weighted by Crippen LogP contribution is 2.29. The number of nitrogens with zero attached hydrogens (tertiary/aromatic N) is 2. The molecule has 0 bridgehead atoms. The molecule has 21 heavy (non-hydrogen) atoms. The minimum absolute atomic E-state index is 0.211. The largest absolute Gasteiger partial charge is 0.320 e. The maximum absolute atomic E-state index is 12.3. The van der Waals surface area contributed by atoms with Gasteiger partial charge in [0.25, 0.3) is 5.91 Å². The Bertz CT molecular complexity index is 687. The minimum atomic E-state index is -0.313. The molecule has 0 unspecified atom stereocenters. The van der Waals surface area contributed by atoms with Gasteiger partial charge >= 0.3 is 0 Å². The summed E-state index contributed by atoms with van der Waals surface area (Å²) >= 11 is 12.0. The highest BCUT2D eigenvalue weighted by atomic mass is 35.5. The molecule has 1 N–H and O–H groups in total. The van der Waals surface area contributed by atoms with E-state index in [9.17, 15) is 4.79 Å². The summed E-state index contributed by atoms with van der Waals surface area (Å²) in [6.07, 6.45) is 1.53. The van der Waals surface area contributed by atoms with Crippen molar-refractivity contribution in [1.82, 2.24) is 9.97 Å². The van der Waals surface area contributed by atoms with E-state index >= 15 is 0 Å². The van der Waals surface area contributed by atoms with Crippen molar-refractivity contribution in [3.63, 3.8) is 0 Å². The van der Waals surface area contributed by atoms with Crippen LogP contribution in [-0.2, 0) is 0 Å². The van der Waals surface area contributed by atoms with Crippen molar-refractivity contribution in [2.75, 3.05) is 5.32 Å². The van der Waals surface area contributed by atoms with Crippen molar-refractivity contribution in [3.05, 3.63) is 51.5 Å². The summed E-state index contributed by atoms with van der Waals surface area (Å²) in [5.74, 6) is 0.611. The number of aryl methyl sites for hydroxylation is 1. The first-order valence-corrected chi connectivity index (χ1v) is 7.24. The second-order valence-electron chi connectivity index (χ2n) is 4.94. The number of hydrogen-bond donors (Lipinski definition) is 1. The molecule has 0 aliphatic rings. The van der Waals surface area contributed by atoms with E-state index in [-0.39, 0.29) is 11.8 Å². The molecule has 2 rings (SSSR count). The zero-order valence-corrected chi connectivity index (χ0v) is 13.5. The molecular formula is C15H15Cl2N3O. The molecule has 4 nitrogen and oxygen atoms in total. The van der Waals surface area contributed by atoms with Crippen LogP contribution in [0.1, 0.15) is 41.6 Å². The average molecular weight is 324 g/mol. The summed E-state index contributed by atoms with van der Waals surface area (Å²) in [6.45, 7) is 5.78. The smallest absolute Gasteiger partial charge is 0.259 e. The van der Waals surface area contributed by atoms with Crippen LogP contribution in [0, 0.1) is 6.92 Å². The highest BCUT2D eigenvalue weighted by molar-refractivity contribution is 6.44. The molecule has 0 aliphatic heterocycles. The maximum atomic E-state index is 12.3. The molecule has 1 aromatic heterocycles. The lowest BCUT2D eigenvalue weighted by atomic mass is 10.1. The average Bonchev–Trinajstić information content (AvgIpc) is 2.43. The SMILES string of the molecule is Cc1nc(C(C)C)ncc1C(=O)Nc1cccc(Cl)c1Cl.